The maximum Gasteiger partial charge on any atom is 0.203 e. The van der Waals surface area contributed by atoms with Crippen molar-refractivity contribution in [2.75, 3.05) is 0 Å². The number of para-hydroxylation sites is 1. The van der Waals surface area contributed by atoms with Crippen molar-refractivity contribution in [3.05, 3.63) is 64.2 Å². The highest BCUT2D eigenvalue weighted by molar-refractivity contribution is 6.36. The summed E-state index contributed by atoms with van der Waals surface area (Å²) >= 11 is 5.89. The molecule has 3 nitrogen and oxygen atoms in total. The van der Waals surface area contributed by atoms with Gasteiger partial charge in [-0.05, 0) is 30.7 Å². The number of Topliss-reactive ketones (excluding diaryl/α,β-unsaturated/α-hetero) is 1. The number of benzene rings is 2. The zero-order valence-corrected chi connectivity index (χ0v) is 11.8. The van der Waals surface area contributed by atoms with E-state index < -0.39 is 0 Å². The van der Waals surface area contributed by atoms with Crippen LogP contribution < -0.4 is 4.74 Å². The molecular weight excluding hydrogens is 274 g/mol. The molecule has 0 unspecified atom stereocenters. The minimum atomic E-state index is -0.379. The first kappa shape index (κ1) is 14.3. The average molecular weight is 288 g/mol. The molecule has 0 radical (unpaired) electrons. The minimum absolute atomic E-state index is 0.261. The van der Waals surface area contributed by atoms with E-state index in [0.29, 0.717) is 16.1 Å². The topological polar surface area (TPSA) is 50.2 Å². The van der Waals surface area contributed by atoms with Gasteiger partial charge in [0.1, 0.15) is 12.4 Å². The van der Waals surface area contributed by atoms with Crippen LogP contribution in [0.5, 0.6) is 5.75 Å². The second kappa shape index (κ2) is 6.35. The minimum Gasteiger partial charge on any atom is -0.489 e. The Morgan fingerprint density at radius 2 is 2.05 bits per heavy atom. The number of hydrogen-bond acceptors (Lipinski definition) is 3. The fourth-order valence-corrected chi connectivity index (χ4v) is 2.03. The highest BCUT2D eigenvalue weighted by atomic mass is 35.5. The molecule has 20 heavy (non-hydrogen) atoms. The number of halogens is 1. The Labute approximate surface area is 122 Å². The van der Waals surface area contributed by atoms with Gasteiger partial charge in [-0.2, -0.15) is 0 Å². The molecule has 0 atom stereocenters. The van der Waals surface area contributed by atoms with Crippen molar-refractivity contribution in [2.45, 2.75) is 13.5 Å². The molecule has 0 bridgehead atoms. The summed E-state index contributed by atoms with van der Waals surface area (Å²) in [6, 6.07) is 12.7. The van der Waals surface area contributed by atoms with Crippen molar-refractivity contribution < 1.29 is 9.53 Å². The van der Waals surface area contributed by atoms with Crippen molar-refractivity contribution in [3.8, 4) is 5.75 Å². The number of rotatable bonds is 5. The Bertz CT molecular complexity index is 653. The molecular formula is C16H14ClNO2. The lowest BCUT2D eigenvalue weighted by Crippen LogP contribution is -2.07. The maximum absolute atomic E-state index is 11.7. The number of nitrogens with one attached hydrogen (secondary N) is 1. The molecule has 0 heterocycles. The molecule has 0 saturated carbocycles. The molecule has 0 aromatic heterocycles. The molecule has 4 heteroatoms. The standard InChI is InChI=1S/C16H14ClNO2/c1-11-4-2-3-5-16(11)20-10-12-6-7-13(17)8-14(12)15(19)9-18/h2-9,18H,10H2,1H3. The van der Waals surface area contributed by atoms with E-state index in [-0.39, 0.29) is 12.4 Å². The maximum atomic E-state index is 11.7. The highest BCUT2D eigenvalue weighted by Gasteiger charge is 2.11. The van der Waals surface area contributed by atoms with E-state index in [4.69, 9.17) is 21.7 Å². The second-order valence-corrected chi connectivity index (χ2v) is 4.80. The number of hydrogen-bond donors (Lipinski definition) is 1. The summed E-state index contributed by atoms with van der Waals surface area (Å²) in [7, 11) is 0. The summed E-state index contributed by atoms with van der Waals surface area (Å²) in [6.45, 7) is 2.22. The number of carbonyl (C=O) groups excluding carboxylic acids is 1. The molecule has 2 rings (SSSR count). The van der Waals surface area contributed by atoms with Gasteiger partial charge in [0, 0.05) is 16.1 Å². The van der Waals surface area contributed by atoms with E-state index in [1.165, 1.54) is 0 Å². The normalized spacial score (nSPS) is 10.1. The zero-order valence-electron chi connectivity index (χ0n) is 11.0. The molecule has 102 valence electrons. The van der Waals surface area contributed by atoms with Crippen LogP contribution in [0.4, 0.5) is 0 Å². The summed E-state index contributed by atoms with van der Waals surface area (Å²) in [5.41, 5.74) is 2.15. The average Bonchev–Trinajstić information content (AvgIpc) is 2.46. The van der Waals surface area contributed by atoms with Gasteiger partial charge >= 0.3 is 0 Å². The number of ketones is 1. The summed E-state index contributed by atoms with van der Waals surface area (Å²) in [6.07, 6.45) is 0.781. The number of ether oxygens (including phenoxy) is 1. The van der Waals surface area contributed by atoms with Crippen molar-refractivity contribution in [1.82, 2.24) is 0 Å². The number of carbonyl (C=O) groups is 1. The zero-order chi connectivity index (χ0) is 14.5. The van der Waals surface area contributed by atoms with Gasteiger partial charge in [0.2, 0.25) is 5.78 Å². The Hall–Kier alpha value is -2.13. The van der Waals surface area contributed by atoms with Crippen LogP contribution in [-0.4, -0.2) is 12.0 Å². The van der Waals surface area contributed by atoms with Gasteiger partial charge in [-0.3, -0.25) is 4.79 Å². The molecule has 2 aromatic rings. The number of aryl methyl sites for hydroxylation is 1. The molecule has 1 N–H and O–H groups in total. The van der Waals surface area contributed by atoms with E-state index in [1.807, 2.05) is 31.2 Å². The quantitative estimate of drug-likeness (QED) is 0.666. The van der Waals surface area contributed by atoms with E-state index in [1.54, 1.807) is 18.2 Å². The fourth-order valence-electron chi connectivity index (χ4n) is 1.86. The van der Waals surface area contributed by atoms with Gasteiger partial charge in [-0.1, -0.05) is 35.9 Å². The van der Waals surface area contributed by atoms with Gasteiger partial charge in [0.15, 0.2) is 0 Å². The predicted octanol–water partition coefficient (Wildman–Crippen LogP) is 4.06. The highest BCUT2D eigenvalue weighted by Crippen LogP contribution is 2.21. The summed E-state index contributed by atoms with van der Waals surface area (Å²) in [5, 5.41) is 7.55. The van der Waals surface area contributed by atoms with Gasteiger partial charge in [-0.25, -0.2) is 0 Å². The van der Waals surface area contributed by atoms with Crippen LogP contribution in [-0.2, 0) is 6.61 Å². The summed E-state index contributed by atoms with van der Waals surface area (Å²) in [4.78, 5) is 11.7. The van der Waals surface area contributed by atoms with E-state index in [9.17, 15) is 4.79 Å². The lowest BCUT2D eigenvalue weighted by molar-refractivity contribution is 0.106. The molecule has 0 aliphatic carbocycles. The monoisotopic (exact) mass is 287 g/mol. The van der Waals surface area contributed by atoms with E-state index in [0.717, 1.165) is 17.5 Å². The predicted molar refractivity (Wildman–Crippen MR) is 80.1 cm³/mol. The molecule has 0 aliphatic rings. The first-order valence-corrected chi connectivity index (χ1v) is 6.51. The Kier molecular flexibility index (Phi) is 4.53. The third-order valence-corrected chi connectivity index (χ3v) is 3.18. The van der Waals surface area contributed by atoms with Gasteiger partial charge in [0.25, 0.3) is 0 Å². The summed E-state index contributed by atoms with van der Waals surface area (Å²) < 4.78 is 5.73. The van der Waals surface area contributed by atoms with Crippen molar-refractivity contribution in [3.63, 3.8) is 0 Å². The van der Waals surface area contributed by atoms with Crippen LogP contribution >= 0.6 is 11.6 Å². The third-order valence-electron chi connectivity index (χ3n) is 2.95. The van der Waals surface area contributed by atoms with Crippen LogP contribution in [0.1, 0.15) is 21.5 Å². The molecule has 0 fully saturated rings. The first-order valence-electron chi connectivity index (χ1n) is 6.13. The molecule has 0 saturated heterocycles. The fraction of sp³-hybridized carbons (Fsp3) is 0.125. The first-order chi connectivity index (χ1) is 9.61. The SMILES string of the molecule is Cc1ccccc1OCc1ccc(Cl)cc1C(=O)C=N. The Morgan fingerprint density at radius 3 is 2.75 bits per heavy atom. The van der Waals surface area contributed by atoms with Crippen LogP contribution in [0.2, 0.25) is 5.02 Å². The van der Waals surface area contributed by atoms with Crippen LogP contribution in [0.15, 0.2) is 42.5 Å². The smallest absolute Gasteiger partial charge is 0.203 e. The Balaban J connectivity index is 2.23. The molecule has 2 aromatic carbocycles. The van der Waals surface area contributed by atoms with Crippen LogP contribution in [0.25, 0.3) is 0 Å². The van der Waals surface area contributed by atoms with Crippen LogP contribution in [0.3, 0.4) is 0 Å². The van der Waals surface area contributed by atoms with Gasteiger partial charge < -0.3 is 10.1 Å². The molecule has 0 spiro atoms. The van der Waals surface area contributed by atoms with Gasteiger partial charge in [0.05, 0.1) is 6.21 Å². The third kappa shape index (κ3) is 3.25. The Morgan fingerprint density at radius 1 is 1.30 bits per heavy atom. The lowest BCUT2D eigenvalue weighted by atomic mass is 10.0. The van der Waals surface area contributed by atoms with Crippen molar-refractivity contribution in [2.24, 2.45) is 0 Å². The molecule has 0 amide bonds. The van der Waals surface area contributed by atoms with Crippen molar-refractivity contribution in [1.29, 1.82) is 5.41 Å². The van der Waals surface area contributed by atoms with Crippen molar-refractivity contribution >= 4 is 23.6 Å². The van der Waals surface area contributed by atoms with Crippen LogP contribution in [0, 0.1) is 12.3 Å². The second-order valence-electron chi connectivity index (χ2n) is 4.36. The molecule has 0 aliphatic heterocycles. The van der Waals surface area contributed by atoms with E-state index >= 15 is 0 Å². The lowest BCUT2D eigenvalue weighted by Gasteiger charge is -2.11. The van der Waals surface area contributed by atoms with Gasteiger partial charge in [-0.15, -0.1) is 0 Å². The van der Waals surface area contributed by atoms with E-state index in [2.05, 4.69) is 0 Å². The largest absolute Gasteiger partial charge is 0.489 e. The summed E-state index contributed by atoms with van der Waals surface area (Å²) in [5.74, 6) is 0.395.